The molecule has 162 valence electrons. The first-order valence-corrected chi connectivity index (χ1v) is 11.8. The van der Waals surface area contributed by atoms with Gasteiger partial charge >= 0.3 is 0 Å². The van der Waals surface area contributed by atoms with Crippen LogP contribution in [0.25, 0.3) is 0 Å². The molecule has 2 unspecified atom stereocenters. The third-order valence-electron chi connectivity index (χ3n) is 6.67. The molecule has 2 aliphatic rings. The van der Waals surface area contributed by atoms with E-state index in [0.29, 0.717) is 6.42 Å². The number of fused-ring (bicyclic) bond motifs is 1. The molecule has 0 aromatic heterocycles. The lowest BCUT2D eigenvalue weighted by Crippen LogP contribution is -2.51. The van der Waals surface area contributed by atoms with Gasteiger partial charge in [-0.15, -0.1) is 0 Å². The monoisotopic (exact) mass is 432 g/mol. The number of benzene rings is 2. The van der Waals surface area contributed by atoms with Gasteiger partial charge in [0.05, 0.1) is 6.61 Å². The maximum Gasteiger partial charge on any atom is 0.201 e. The molecule has 0 amide bonds. The first kappa shape index (κ1) is 21.3. The second kappa shape index (κ2) is 9.04. The molecule has 2 aromatic carbocycles. The number of hydrogen-bond donors (Lipinski definition) is 3. The fourth-order valence-corrected chi connectivity index (χ4v) is 5.56. The highest BCUT2D eigenvalue weighted by molar-refractivity contribution is 7.70. The van der Waals surface area contributed by atoms with Gasteiger partial charge in [0.25, 0.3) is 0 Å². The van der Waals surface area contributed by atoms with Crippen molar-refractivity contribution in [2.45, 2.75) is 56.0 Å². The summed E-state index contributed by atoms with van der Waals surface area (Å²) < 4.78 is 45.3. The number of nitrogens with one attached hydrogen (secondary N) is 2. The Kier molecular flexibility index (Phi) is 6.41. The van der Waals surface area contributed by atoms with Gasteiger partial charge in [0.2, 0.25) is 10.9 Å². The Morgan fingerprint density at radius 2 is 1.97 bits per heavy atom. The number of rotatable bonds is 9. The minimum absolute atomic E-state index is 0.250. The van der Waals surface area contributed by atoms with Crippen LogP contribution in [0.4, 0.5) is 4.39 Å². The number of hydrogen-bond acceptors (Lipinski definition) is 4. The Balaban J connectivity index is 1.49. The maximum atomic E-state index is 14.7. The largest absolute Gasteiger partial charge is 0.490 e. The van der Waals surface area contributed by atoms with Crippen LogP contribution >= 0.6 is 0 Å². The molecule has 30 heavy (non-hydrogen) atoms. The van der Waals surface area contributed by atoms with Crippen molar-refractivity contribution in [2.75, 3.05) is 13.7 Å². The van der Waals surface area contributed by atoms with Crippen LogP contribution in [0.1, 0.15) is 48.3 Å². The molecule has 4 rings (SSSR count). The SMILES string of the molecule is CNC1Cc2cc(F)c(OCCC3(N[SH](=O)=O)CCC3)cc2C1Cc1ccccc1. The van der Waals surface area contributed by atoms with E-state index in [1.807, 2.05) is 31.3 Å². The number of thiol groups is 1. The second-order valence-corrected chi connectivity index (χ2v) is 9.22. The summed E-state index contributed by atoms with van der Waals surface area (Å²) in [7, 11) is -0.695. The number of ether oxygens (including phenoxy) is 1. The number of halogens is 1. The van der Waals surface area contributed by atoms with Crippen molar-refractivity contribution in [1.29, 1.82) is 0 Å². The van der Waals surface area contributed by atoms with Crippen LogP contribution in [0, 0.1) is 5.82 Å². The normalized spacial score (nSPS) is 22.0. The highest BCUT2D eigenvalue weighted by atomic mass is 32.2. The molecule has 2 N–H and O–H groups in total. The topological polar surface area (TPSA) is 67.4 Å². The van der Waals surface area contributed by atoms with Gasteiger partial charge in [-0.3, -0.25) is 0 Å². The predicted octanol–water partition coefficient (Wildman–Crippen LogP) is 3.10. The molecule has 0 bridgehead atoms. The third-order valence-corrected chi connectivity index (χ3v) is 7.32. The Morgan fingerprint density at radius 3 is 2.60 bits per heavy atom. The van der Waals surface area contributed by atoms with Crippen molar-refractivity contribution in [3.8, 4) is 5.75 Å². The summed E-state index contributed by atoms with van der Waals surface area (Å²) in [6, 6.07) is 14.0. The van der Waals surface area contributed by atoms with Gasteiger partial charge in [-0.25, -0.2) is 17.5 Å². The van der Waals surface area contributed by atoms with Crippen LogP contribution in [0.15, 0.2) is 42.5 Å². The molecular formula is C23H29FN2O3S. The van der Waals surface area contributed by atoms with Crippen molar-refractivity contribution < 1.29 is 17.5 Å². The van der Waals surface area contributed by atoms with Crippen molar-refractivity contribution in [1.82, 2.24) is 10.0 Å². The zero-order valence-corrected chi connectivity index (χ0v) is 18.1. The van der Waals surface area contributed by atoms with E-state index < -0.39 is 16.4 Å². The molecule has 0 radical (unpaired) electrons. The second-order valence-electron chi connectivity index (χ2n) is 8.48. The Hall–Kier alpha value is -1.96. The average molecular weight is 433 g/mol. The van der Waals surface area contributed by atoms with Gasteiger partial charge in [-0.2, -0.15) is 0 Å². The van der Waals surface area contributed by atoms with E-state index in [0.717, 1.165) is 43.2 Å². The van der Waals surface area contributed by atoms with Crippen LogP contribution in [0.3, 0.4) is 0 Å². The number of likely N-dealkylation sites (N-methyl/N-ethyl adjacent to an activating group) is 1. The zero-order valence-electron chi connectivity index (χ0n) is 17.2. The lowest BCUT2D eigenvalue weighted by atomic mass is 9.75. The van der Waals surface area contributed by atoms with Crippen LogP contribution in [0.5, 0.6) is 5.75 Å². The highest BCUT2D eigenvalue weighted by Crippen LogP contribution is 2.40. The van der Waals surface area contributed by atoms with Gasteiger partial charge in [-0.05, 0) is 68.0 Å². The van der Waals surface area contributed by atoms with Gasteiger partial charge in [0, 0.05) is 23.9 Å². The van der Waals surface area contributed by atoms with Gasteiger partial charge < -0.3 is 10.1 Å². The summed E-state index contributed by atoms with van der Waals surface area (Å²) in [4.78, 5) is 0. The lowest BCUT2D eigenvalue weighted by molar-refractivity contribution is 0.163. The van der Waals surface area contributed by atoms with Crippen molar-refractivity contribution in [2.24, 2.45) is 0 Å². The van der Waals surface area contributed by atoms with Gasteiger partial charge in [0.15, 0.2) is 11.6 Å². The summed E-state index contributed by atoms with van der Waals surface area (Å²) in [6.07, 6.45) is 4.82. The zero-order chi connectivity index (χ0) is 21.1. The van der Waals surface area contributed by atoms with E-state index >= 15 is 0 Å². The summed E-state index contributed by atoms with van der Waals surface area (Å²) in [5, 5.41) is 3.39. The summed E-state index contributed by atoms with van der Waals surface area (Å²) in [5.74, 6) is 0.151. The van der Waals surface area contributed by atoms with Crippen LogP contribution in [0.2, 0.25) is 0 Å². The molecule has 0 spiro atoms. The fourth-order valence-electron chi connectivity index (χ4n) is 4.83. The fraction of sp³-hybridized carbons (Fsp3) is 0.478. The maximum absolute atomic E-state index is 14.7. The molecule has 1 saturated carbocycles. The van der Waals surface area contributed by atoms with Crippen molar-refractivity contribution in [3.05, 3.63) is 65.0 Å². The molecule has 2 atom stereocenters. The van der Waals surface area contributed by atoms with E-state index in [-0.39, 0.29) is 30.1 Å². The summed E-state index contributed by atoms with van der Waals surface area (Å²) in [6.45, 7) is 0.282. The molecule has 2 aliphatic carbocycles. The predicted molar refractivity (Wildman–Crippen MR) is 116 cm³/mol. The average Bonchev–Trinajstić information content (AvgIpc) is 3.03. The molecule has 1 fully saturated rings. The molecule has 2 aromatic rings. The van der Waals surface area contributed by atoms with Crippen molar-refractivity contribution >= 4 is 10.9 Å². The van der Waals surface area contributed by atoms with Crippen molar-refractivity contribution in [3.63, 3.8) is 0 Å². The minimum atomic E-state index is -2.65. The third kappa shape index (κ3) is 4.53. The van der Waals surface area contributed by atoms with Crippen LogP contribution < -0.4 is 14.8 Å². The molecule has 0 aliphatic heterocycles. The van der Waals surface area contributed by atoms with E-state index in [4.69, 9.17) is 4.74 Å². The Labute approximate surface area is 179 Å². The Morgan fingerprint density at radius 1 is 1.20 bits per heavy atom. The molecule has 5 nitrogen and oxygen atoms in total. The Bertz CT molecular complexity index is 952. The van der Waals surface area contributed by atoms with E-state index in [9.17, 15) is 12.8 Å². The first-order chi connectivity index (χ1) is 14.5. The molecule has 0 saturated heterocycles. The van der Waals surface area contributed by atoms with Gasteiger partial charge in [0.1, 0.15) is 0 Å². The first-order valence-electron chi connectivity index (χ1n) is 10.6. The smallest absolute Gasteiger partial charge is 0.201 e. The van der Waals surface area contributed by atoms with Gasteiger partial charge in [-0.1, -0.05) is 30.3 Å². The van der Waals surface area contributed by atoms with E-state index in [1.165, 1.54) is 5.56 Å². The standard InChI is InChI=1S/C23H29FN2O3S/c1-25-21-14-17-13-20(24)22(29-11-10-23(8-5-9-23)26-30(27)28)15-18(17)19(21)12-16-6-3-2-4-7-16/h2-4,6-7,13,15,19,21,25,30H,5,8-12,14H2,1H3,(H,26,27,28). The molecule has 0 heterocycles. The molecular weight excluding hydrogens is 403 g/mol. The van der Waals surface area contributed by atoms with E-state index in [2.05, 4.69) is 22.2 Å². The van der Waals surface area contributed by atoms with E-state index in [1.54, 1.807) is 6.07 Å². The van der Waals surface area contributed by atoms with Crippen LogP contribution in [-0.2, 0) is 23.7 Å². The lowest BCUT2D eigenvalue weighted by Gasteiger charge is -2.40. The summed E-state index contributed by atoms with van der Waals surface area (Å²) >= 11 is 0. The van der Waals surface area contributed by atoms with Crippen LogP contribution in [-0.4, -0.2) is 33.7 Å². The summed E-state index contributed by atoms with van der Waals surface area (Å²) in [5.41, 5.74) is 3.00. The quantitative estimate of drug-likeness (QED) is 0.533. The molecule has 7 heteroatoms. The highest BCUT2D eigenvalue weighted by Gasteiger charge is 2.37. The minimum Gasteiger partial charge on any atom is -0.490 e.